The van der Waals surface area contributed by atoms with Crippen LogP contribution in [0.4, 0.5) is 0 Å². The van der Waals surface area contributed by atoms with E-state index in [4.69, 9.17) is 4.74 Å². The first-order valence-electron chi connectivity index (χ1n) is 10.2. The second-order valence-electron chi connectivity index (χ2n) is 7.57. The normalized spacial score (nSPS) is 19.6. The van der Waals surface area contributed by atoms with E-state index in [1.54, 1.807) is 0 Å². The molecule has 154 valence electrons. The molecule has 1 saturated carbocycles. The first kappa shape index (κ1) is 19.3. The lowest BCUT2D eigenvalue weighted by atomic mass is 9.95. The van der Waals surface area contributed by atoms with Gasteiger partial charge in [-0.15, -0.1) is 0 Å². The summed E-state index contributed by atoms with van der Waals surface area (Å²) in [6.07, 6.45) is 5.22. The predicted octanol–water partition coefficient (Wildman–Crippen LogP) is 2.58. The van der Waals surface area contributed by atoms with Crippen LogP contribution in [0.5, 0.6) is 11.6 Å². The zero-order valence-corrected chi connectivity index (χ0v) is 16.5. The van der Waals surface area contributed by atoms with E-state index in [1.165, 1.54) is 4.57 Å². The number of nitrogens with zero attached hydrogens (tertiary/aromatic N) is 2. The highest BCUT2D eigenvalue weighted by Crippen LogP contribution is 2.32. The monoisotopic (exact) mass is 398 g/mol. The van der Waals surface area contributed by atoms with Crippen LogP contribution in [0.15, 0.2) is 39.0 Å². The van der Waals surface area contributed by atoms with Crippen molar-refractivity contribution in [1.82, 2.24) is 15.0 Å². The van der Waals surface area contributed by atoms with Crippen LogP contribution < -0.4 is 21.4 Å². The van der Waals surface area contributed by atoms with Crippen molar-refractivity contribution in [3.05, 3.63) is 56.2 Å². The van der Waals surface area contributed by atoms with Crippen LogP contribution in [0, 0.1) is 0 Å². The van der Waals surface area contributed by atoms with Crippen molar-refractivity contribution in [2.24, 2.45) is 5.10 Å². The maximum absolute atomic E-state index is 12.5. The van der Waals surface area contributed by atoms with Gasteiger partial charge in [0.1, 0.15) is 11.3 Å². The summed E-state index contributed by atoms with van der Waals surface area (Å²) in [6, 6.07) is 7.48. The molecule has 29 heavy (non-hydrogen) atoms. The van der Waals surface area contributed by atoms with Gasteiger partial charge in [0, 0.05) is 12.5 Å². The van der Waals surface area contributed by atoms with Crippen molar-refractivity contribution in [3.8, 4) is 11.6 Å². The molecule has 8 heteroatoms. The van der Waals surface area contributed by atoms with E-state index in [9.17, 15) is 14.7 Å². The Labute approximate surface area is 168 Å². The standard InChI is InChI=1S/C21H26N4O4/c1-2-29-15-10-8-13(9-11-15)16-12-17(24-23-16)18-19(26)22-21(28)25(20(18)27)14-6-4-3-5-7-14/h8-11,14,16,23,27H,2-7,12H2,1H3,(H,22,26,28)/t16-/m0/s1. The number of H-pyrrole nitrogens is 1. The highest BCUT2D eigenvalue weighted by Gasteiger charge is 2.29. The minimum Gasteiger partial charge on any atom is -0.494 e. The SMILES string of the molecule is CCOc1ccc([C@@H]2CC(c3c(O)n(C4CCCCC4)c(=O)[nH]c3=O)=NN2)cc1. The summed E-state index contributed by atoms with van der Waals surface area (Å²) in [6.45, 7) is 2.54. The summed E-state index contributed by atoms with van der Waals surface area (Å²) in [5.74, 6) is 0.516. The fourth-order valence-electron chi connectivity index (χ4n) is 4.23. The van der Waals surface area contributed by atoms with E-state index < -0.39 is 11.2 Å². The van der Waals surface area contributed by atoms with E-state index in [1.807, 2.05) is 31.2 Å². The van der Waals surface area contributed by atoms with Gasteiger partial charge in [0.2, 0.25) is 5.88 Å². The third-order valence-electron chi connectivity index (χ3n) is 5.69. The van der Waals surface area contributed by atoms with Crippen LogP contribution in [-0.4, -0.2) is 27.0 Å². The Morgan fingerprint density at radius 1 is 1.17 bits per heavy atom. The quantitative estimate of drug-likeness (QED) is 0.717. The first-order chi connectivity index (χ1) is 14.1. The molecule has 1 fully saturated rings. The highest BCUT2D eigenvalue weighted by molar-refractivity contribution is 6.03. The molecule has 0 amide bonds. The third kappa shape index (κ3) is 3.79. The number of aromatic hydroxyl groups is 1. The number of aromatic amines is 1. The van der Waals surface area contributed by atoms with Gasteiger partial charge in [-0.05, 0) is 37.5 Å². The molecular weight excluding hydrogens is 372 g/mol. The van der Waals surface area contributed by atoms with Crippen LogP contribution in [0.3, 0.4) is 0 Å². The van der Waals surface area contributed by atoms with Gasteiger partial charge in [-0.3, -0.25) is 14.3 Å². The maximum atomic E-state index is 12.5. The Morgan fingerprint density at radius 3 is 2.59 bits per heavy atom. The first-order valence-corrected chi connectivity index (χ1v) is 10.2. The molecule has 2 heterocycles. The van der Waals surface area contributed by atoms with Gasteiger partial charge in [-0.25, -0.2) is 4.79 Å². The molecule has 1 aliphatic heterocycles. The molecule has 1 atom stereocenters. The molecule has 0 radical (unpaired) electrons. The molecule has 2 aromatic rings. The fraction of sp³-hybridized carbons (Fsp3) is 0.476. The summed E-state index contributed by atoms with van der Waals surface area (Å²) >= 11 is 0. The number of aromatic nitrogens is 2. The molecule has 1 aromatic heterocycles. The molecule has 1 aliphatic carbocycles. The van der Waals surface area contributed by atoms with Gasteiger partial charge in [0.15, 0.2) is 0 Å². The van der Waals surface area contributed by atoms with E-state index in [-0.39, 0.29) is 23.5 Å². The largest absolute Gasteiger partial charge is 0.494 e. The maximum Gasteiger partial charge on any atom is 0.331 e. The number of hydrogen-bond acceptors (Lipinski definition) is 6. The second-order valence-corrected chi connectivity index (χ2v) is 7.57. The molecule has 0 spiro atoms. The molecule has 0 saturated heterocycles. The van der Waals surface area contributed by atoms with Crippen molar-refractivity contribution < 1.29 is 9.84 Å². The number of hydrazone groups is 1. The average Bonchev–Trinajstić information content (AvgIpc) is 3.19. The van der Waals surface area contributed by atoms with Crippen LogP contribution >= 0.6 is 0 Å². The van der Waals surface area contributed by atoms with Gasteiger partial charge >= 0.3 is 5.69 Å². The molecule has 3 N–H and O–H groups in total. The summed E-state index contributed by atoms with van der Waals surface area (Å²) < 4.78 is 6.80. The summed E-state index contributed by atoms with van der Waals surface area (Å²) in [4.78, 5) is 27.2. The predicted molar refractivity (Wildman–Crippen MR) is 110 cm³/mol. The molecule has 0 bridgehead atoms. The zero-order chi connectivity index (χ0) is 20.4. The molecule has 4 rings (SSSR count). The highest BCUT2D eigenvalue weighted by atomic mass is 16.5. The fourth-order valence-corrected chi connectivity index (χ4v) is 4.23. The number of benzene rings is 1. The Morgan fingerprint density at radius 2 is 1.90 bits per heavy atom. The topological polar surface area (TPSA) is 109 Å². The zero-order valence-electron chi connectivity index (χ0n) is 16.5. The summed E-state index contributed by atoms with van der Waals surface area (Å²) in [5.41, 5.74) is 3.41. The van der Waals surface area contributed by atoms with E-state index in [0.717, 1.165) is 43.4 Å². The van der Waals surface area contributed by atoms with E-state index >= 15 is 0 Å². The van der Waals surface area contributed by atoms with Crippen molar-refractivity contribution in [2.45, 2.75) is 57.5 Å². The number of nitrogens with one attached hydrogen (secondary N) is 2. The molecule has 1 aromatic carbocycles. The van der Waals surface area contributed by atoms with E-state index in [2.05, 4.69) is 15.5 Å². The van der Waals surface area contributed by atoms with Crippen molar-refractivity contribution in [1.29, 1.82) is 0 Å². The van der Waals surface area contributed by atoms with Crippen molar-refractivity contribution in [2.75, 3.05) is 6.61 Å². The van der Waals surface area contributed by atoms with Crippen LogP contribution in [0.2, 0.25) is 0 Å². The molecule has 8 nitrogen and oxygen atoms in total. The van der Waals surface area contributed by atoms with Crippen molar-refractivity contribution >= 4 is 5.71 Å². The van der Waals surface area contributed by atoms with Crippen molar-refractivity contribution in [3.63, 3.8) is 0 Å². The number of ether oxygens (including phenoxy) is 1. The number of hydrogen-bond donors (Lipinski definition) is 3. The lowest BCUT2D eigenvalue weighted by molar-refractivity contribution is 0.298. The van der Waals surface area contributed by atoms with Crippen LogP contribution in [-0.2, 0) is 0 Å². The summed E-state index contributed by atoms with van der Waals surface area (Å²) in [7, 11) is 0. The van der Waals surface area contributed by atoms with E-state index in [0.29, 0.717) is 18.7 Å². The smallest absolute Gasteiger partial charge is 0.331 e. The van der Waals surface area contributed by atoms with Gasteiger partial charge in [0.25, 0.3) is 5.56 Å². The second kappa shape index (κ2) is 8.14. The lowest BCUT2D eigenvalue weighted by Gasteiger charge is -2.25. The van der Waals surface area contributed by atoms with Gasteiger partial charge in [-0.2, -0.15) is 5.10 Å². The van der Waals surface area contributed by atoms with Crippen LogP contribution in [0.25, 0.3) is 0 Å². The lowest BCUT2D eigenvalue weighted by Crippen LogP contribution is -2.36. The van der Waals surface area contributed by atoms with Gasteiger partial charge in [-0.1, -0.05) is 31.4 Å². The summed E-state index contributed by atoms with van der Waals surface area (Å²) in [5, 5.41) is 15.1. The Hall–Kier alpha value is -3.03. The average molecular weight is 398 g/mol. The number of rotatable bonds is 5. The van der Waals surface area contributed by atoms with Gasteiger partial charge < -0.3 is 15.3 Å². The minimum absolute atomic E-state index is 0.0797. The molecule has 0 unspecified atom stereocenters. The van der Waals surface area contributed by atoms with Crippen LogP contribution in [0.1, 0.15) is 68.7 Å². The minimum atomic E-state index is -0.604. The van der Waals surface area contributed by atoms with Gasteiger partial charge in [0.05, 0.1) is 18.4 Å². The Kier molecular flexibility index (Phi) is 5.42. The molecule has 2 aliphatic rings. The molecular formula is C21H26N4O4. The Bertz CT molecular complexity index is 1020. The Balaban J connectivity index is 1.60. The third-order valence-corrected chi connectivity index (χ3v) is 5.69.